The van der Waals surface area contributed by atoms with Crippen LogP contribution in [0.15, 0.2) is 0 Å². The van der Waals surface area contributed by atoms with E-state index in [0.29, 0.717) is 0 Å². The molecule has 62 valence electrons. The minimum Gasteiger partial charge on any atom is -0.746 e. The van der Waals surface area contributed by atoms with E-state index in [9.17, 15) is 13.0 Å². The maximum Gasteiger partial charge on any atom is 1.00 e. The maximum atomic E-state index is 10.3. The van der Waals surface area contributed by atoms with Gasteiger partial charge in [-0.1, -0.05) is 13.8 Å². The van der Waals surface area contributed by atoms with E-state index in [0.717, 1.165) is 6.92 Å². The molecule has 0 bridgehead atoms. The Labute approximate surface area is 89.0 Å². The summed E-state index contributed by atoms with van der Waals surface area (Å²) in [6, 6.07) is 0. The molecule has 0 aliphatic carbocycles. The number of hydrogen-bond acceptors (Lipinski definition) is 4. The van der Waals surface area contributed by atoms with Gasteiger partial charge in [0.25, 0.3) is 0 Å². The SMILES string of the molecule is CC(C)C(C)(O)S(=O)(=O)[O-].[Na+]. The minimum atomic E-state index is -4.60. The molecule has 0 aromatic carbocycles. The Balaban J connectivity index is 0. The third-order valence-corrected chi connectivity index (χ3v) is 3.06. The second-order valence-electron chi connectivity index (χ2n) is 2.66. The fraction of sp³-hybridized carbons (Fsp3) is 1.00. The molecule has 0 aromatic heterocycles. The zero-order valence-electron chi connectivity index (χ0n) is 7.16. The van der Waals surface area contributed by atoms with Gasteiger partial charge in [0.05, 0.1) is 0 Å². The van der Waals surface area contributed by atoms with E-state index in [4.69, 9.17) is 5.11 Å². The number of rotatable bonds is 2. The van der Waals surface area contributed by atoms with E-state index in [1.54, 1.807) is 0 Å². The van der Waals surface area contributed by atoms with Gasteiger partial charge in [0.15, 0.2) is 4.93 Å². The van der Waals surface area contributed by atoms with Crippen LogP contribution in [0.5, 0.6) is 0 Å². The first-order valence-electron chi connectivity index (χ1n) is 2.87. The first-order chi connectivity index (χ1) is 4.19. The molecule has 0 aliphatic heterocycles. The standard InChI is InChI=1S/C5H12O4S.Na/c1-4(2)5(3,6)10(7,8)9;/h4,6H,1-3H3,(H,7,8,9);/q;+1/p-1. The van der Waals surface area contributed by atoms with Crippen molar-refractivity contribution in [1.82, 2.24) is 0 Å². The van der Waals surface area contributed by atoms with Crippen LogP contribution in [-0.4, -0.2) is 23.0 Å². The van der Waals surface area contributed by atoms with Crippen molar-refractivity contribution in [3.05, 3.63) is 0 Å². The van der Waals surface area contributed by atoms with Gasteiger partial charge in [0, 0.05) is 0 Å². The fourth-order valence-electron chi connectivity index (χ4n) is 0.289. The third kappa shape index (κ3) is 3.40. The minimum absolute atomic E-state index is 0. The summed E-state index contributed by atoms with van der Waals surface area (Å²) >= 11 is 0. The van der Waals surface area contributed by atoms with Gasteiger partial charge < -0.3 is 9.66 Å². The topological polar surface area (TPSA) is 77.4 Å². The van der Waals surface area contributed by atoms with Crippen LogP contribution >= 0.6 is 0 Å². The largest absolute Gasteiger partial charge is 1.00 e. The molecule has 0 rings (SSSR count). The van der Waals surface area contributed by atoms with Gasteiger partial charge in [-0.2, -0.15) is 0 Å². The van der Waals surface area contributed by atoms with Crippen LogP contribution in [0.3, 0.4) is 0 Å². The second-order valence-corrected chi connectivity index (χ2v) is 4.40. The van der Waals surface area contributed by atoms with Gasteiger partial charge in [-0.3, -0.25) is 0 Å². The number of aliphatic hydroxyl groups is 1. The monoisotopic (exact) mass is 190 g/mol. The van der Waals surface area contributed by atoms with Crippen molar-refractivity contribution in [2.24, 2.45) is 5.92 Å². The maximum absolute atomic E-state index is 10.3. The van der Waals surface area contributed by atoms with Crippen LogP contribution in [0.1, 0.15) is 20.8 Å². The molecule has 0 aromatic rings. The molecular formula is C5H11NaO4S. The van der Waals surface area contributed by atoms with E-state index < -0.39 is 21.0 Å². The summed E-state index contributed by atoms with van der Waals surface area (Å²) in [4.78, 5) is -2.15. The Morgan fingerprint density at radius 2 is 1.73 bits per heavy atom. The zero-order chi connectivity index (χ0) is 8.58. The van der Waals surface area contributed by atoms with E-state index >= 15 is 0 Å². The fourth-order valence-corrected chi connectivity index (χ4v) is 0.866. The molecule has 0 amide bonds. The quantitative estimate of drug-likeness (QED) is 0.369. The predicted molar refractivity (Wildman–Crippen MR) is 35.2 cm³/mol. The van der Waals surface area contributed by atoms with Crippen molar-refractivity contribution >= 4 is 10.1 Å². The van der Waals surface area contributed by atoms with Crippen LogP contribution in [-0.2, 0) is 10.1 Å². The molecule has 0 aliphatic rings. The Hall–Kier alpha value is 0.870. The second kappa shape index (κ2) is 4.20. The molecule has 1 N–H and O–H groups in total. The zero-order valence-corrected chi connectivity index (χ0v) is 9.97. The molecule has 11 heavy (non-hydrogen) atoms. The van der Waals surface area contributed by atoms with Crippen molar-refractivity contribution in [3.8, 4) is 0 Å². The Bertz CT molecular complexity index is 207. The Kier molecular flexibility index (Phi) is 5.50. The molecule has 0 fully saturated rings. The van der Waals surface area contributed by atoms with Crippen LogP contribution in [0, 0.1) is 5.92 Å². The molecule has 0 saturated heterocycles. The summed E-state index contributed by atoms with van der Waals surface area (Å²) in [5, 5.41) is 9.03. The van der Waals surface area contributed by atoms with Gasteiger partial charge >= 0.3 is 29.6 Å². The van der Waals surface area contributed by atoms with Crippen molar-refractivity contribution in [3.63, 3.8) is 0 Å². The molecule has 4 nitrogen and oxygen atoms in total. The summed E-state index contributed by atoms with van der Waals surface area (Å²) < 4.78 is 30.9. The van der Waals surface area contributed by atoms with Crippen LogP contribution in [0.25, 0.3) is 0 Å². The van der Waals surface area contributed by atoms with Crippen LogP contribution < -0.4 is 29.6 Å². The van der Waals surface area contributed by atoms with E-state index in [1.807, 2.05) is 0 Å². The average Bonchev–Trinajstić information content (AvgIpc) is 1.62. The Morgan fingerprint density at radius 3 is 1.73 bits per heavy atom. The molecule has 0 radical (unpaired) electrons. The molecule has 0 heterocycles. The van der Waals surface area contributed by atoms with Gasteiger partial charge in [-0.25, -0.2) is 8.42 Å². The summed E-state index contributed by atoms with van der Waals surface area (Å²) in [7, 11) is -4.60. The van der Waals surface area contributed by atoms with E-state index in [2.05, 4.69) is 0 Å². The molecule has 0 spiro atoms. The first kappa shape index (κ1) is 14.4. The summed E-state index contributed by atoms with van der Waals surface area (Å²) in [6.07, 6.45) is 0. The first-order valence-corrected chi connectivity index (χ1v) is 4.28. The summed E-state index contributed by atoms with van der Waals surface area (Å²) in [6.45, 7) is 3.94. The normalized spacial score (nSPS) is 17.3. The summed E-state index contributed by atoms with van der Waals surface area (Å²) in [5.74, 6) is -0.588. The van der Waals surface area contributed by atoms with Gasteiger partial charge in [-0.15, -0.1) is 0 Å². The average molecular weight is 190 g/mol. The Morgan fingerprint density at radius 1 is 1.45 bits per heavy atom. The smallest absolute Gasteiger partial charge is 0.746 e. The predicted octanol–water partition coefficient (Wildman–Crippen LogP) is -3.10. The van der Waals surface area contributed by atoms with Gasteiger partial charge in [-0.05, 0) is 12.8 Å². The van der Waals surface area contributed by atoms with Crippen molar-refractivity contribution in [2.75, 3.05) is 0 Å². The molecule has 1 unspecified atom stereocenters. The van der Waals surface area contributed by atoms with Gasteiger partial charge in [0.1, 0.15) is 10.1 Å². The van der Waals surface area contributed by atoms with Crippen LogP contribution in [0.2, 0.25) is 0 Å². The van der Waals surface area contributed by atoms with Crippen molar-refractivity contribution in [1.29, 1.82) is 0 Å². The van der Waals surface area contributed by atoms with E-state index in [1.165, 1.54) is 13.8 Å². The van der Waals surface area contributed by atoms with Gasteiger partial charge in [0.2, 0.25) is 0 Å². The molecule has 0 saturated carbocycles. The van der Waals surface area contributed by atoms with Crippen molar-refractivity contribution in [2.45, 2.75) is 25.7 Å². The number of hydrogen-bond donors (Lipinski definition) is 1. The van der Waals surface area contributed by atoms with E-state index in [-0.39, 0.29) is 29.6 Å². The van der Waals surface area contributed by atoms with Crippen molar-refractivity contribution < 1.29 is 47.6 Å². The van der Waals surface area contributed by atoms with Crippen LogP contribution in [0.4, 0.5) is 0 Å². The molecule has 1 atom stereocenters. The summed E-state index contributed by atoms with van der Waals surface area (Å²) in [5.41, 5.74) is 0. The third-order valence-electron chi connectivity index (χ3n) is 1.58. The molecular weight excluding hydrogens is 179 g/mol. The molecule has 6 heteroatoms.